The summed E-state index contributed by atoms with van der Waals surface area (Å²) in [4.78, 5) is 2.58. The summed E-state index contributed by atoms with van der Waals surface area (Å²) in [6, 6.07) is 7.14. The van der Waals surface area contributed by atoms with Crippen molar-refractivity contribution in [2.24, 2.45) is 0 Å². The highest BCUT2D eigenvalue weighted by molar-refractivity contribution is 5.85. The van der Waals surface area contributed by atoms with Crippen molar-refractivity contribution in [3.8, 4) is 0 Å². The second-order valence-electron chi connectivity index (χ2n) is 4.77. The maximum absolute atomic E-state index is 3.41. The van der Waals surface area contributed by atoms with E-state index in [-0.39, 0.29) is 24.8 Å². The number of hydrogen-bond acceptors (Lipinski definition) is 2. The minimum Gasteiger partial charge on any atom is -0.314 e. The molecule has 2 nitrogen and oxygen atoms in total. The van der Waals surface area contributed by atoms with Gasteiger partial charge in [-0.2, -0.15) is 0 Å². The minimum atomic E-state index is 0. The molecule has 0 bridgehead atoms. The average molecular weight is 291 g/mol. The molecule has 1 aliphatic heterocycles. The second-order valence-corrected chi connectivity index (χ2v) is 4.77. The summed E-state index contributed by atoms with van der Waals surface area (Å²) >= 11 is 0. The lowest BCUT2D eigenvalue weighted by molar-refractivity contribution is 0.184. The number of piperazine rings is 1. The molecule has 1 aliphatic rings. The first-order chi connectivity index (χ1) is 7.70. The zero-order valence-corrected chi connectivity index (χ0v) is 13.0. The zero-order valence-electron chi connectivity index (χ0n) is 11.4. The third kappa shape index (κ3) is 3.86. The van der Waals surface area contributed by atoms with Crippen LogP contribution >= 0.6 is 24.8 Å². The van der Waals surface area contributed by atoms with E-state index in [1.54, 1.807) is 0 Å². The predicted molar refractivity (Wildman–Crippen MR) is 83.3 cm³/mol. The third-order valence-corrected chi connectivity index (χ3v) is 3.66. The molecule has 0 spiro atoms. The summed E-state index contributed by atoms with van der Waals surface area (Å²) in [5.41, 5.74) is 4.36. The van der Waals surface area contributed by atoms with E-state index < -0.39 is 0 Å². The Morgan fingerprint density at radius 1 is 1.06 bits per heavy atom. The fourth-order valence-corrected chi connectivity index (χ4v) is 2.74. The van der Waals surface area contributed by atoms with Crippen LogP contribution < -0.4 is 5.32 Å². The second kappa shape index (κ2) is 8.00. The molecular weight excluding hydrogens is 267 g/mol. The largest absolute Gasteiger partial charge is 0.314 e. The van der Waals surface area contributed by atoms with Gasteiger partial charge in [-0.05, 0) is 37.5 Å². The molecule has 1 atom stereocenters. The van der Waals surface area contributed by atoms with Gasteiger partial charge in [-0.3, -0.25) is 4.90 Å². The van der Waals surface area contributed by atoms with E-state index in [9.17, 15) is 0 Å². The Labute approximate surface area is 123 Å². The Bertz CT molecular complexity index is 343. The predicted octanol–water partition coefficient (Wildman–Crippen LogP) is 3.11. The number of benzene rings is 1. The summed E-state index contributed by atoms with van der Waals surface area (Å²) in [6.07, 6.45) is 0. The SMILES string of the molecule is Cc1cccc(C)c1[C@H](C)N1CCNCC1.Cl.Cl. The van der Waals surface area contributed by atoms with Gasteiger partial charge < -0.3 is 5.32 Å². The van der Waals surface area contributed by atoms with Crippen molar-refractivity contribution in [2.45, 2.75) is 26.8 Å². The standard InChI is InChI=1S/C14H22N2.2ClH/c1-11-5-4-6-12(2)14(11)13(3)16-9-7-15-8-10-16;;/h4-6,13,15H,7-10H2,1-3H3;2*1H/t13-;;/m0../s1. The van der Waals surface area contributed by atoms with E-state index in [0.29, 0.717) is 6.04 Å². The molecule has 1 fully saturated rings. The van der Waals surface area contributed by atoms with Crippen LogP contribution in [0.5, 0.6) is 0 Å². The summed E-state index contributed by atoms with van der Waals surface area (Å²) in [5.74, 6) is 0. The molecule has 1 N–H and O–H groups in total. The van der Waals surface area contributed by atoms with Crippen LogP contribution in [0.1, 0.15) is 29.7 Å². The van der Waals surface area contributed by atoms with E-state index in [0.717, 1.165) is 26.2 Å². The molecule has 0 aromatic heterocycles. The highest BCUT2D eigenvalue weighted by Gasteiger charge is 2.20. The Hall–Kier alpha value is -0.280. The molecule has 18 heavy (non-hydrogen) atoms. The lowest BCUT2D eigenvalue weighted by Gasteiger charge is -2.34. The lowest BCUT2D eigenvalue weighted by atomic mass is 9.96. The summed E-state index contributed by atoms with van der Waals surface area (Å²) < 4.78 is 0. The van der Waals surface area contributed by atoms with Crippen LogP contribution in [0.3, 0.4) is 0 Å². The van der Waals surface area contributed by atoms with Gasteiger partial charge in [-0.25, -0.2) is 0 Å². The van der Waals surface area contributed by atoms with Gasteiger partial charge in [0.05, 0.1) is 0 Å². The van der Waals surface area contributed by atoms with E-state index in [4.69, 9.17) is 0 Å². The molecule has 1 heterocycles. The quantitative estimate of drug-likeness (QED) is 0.900. The molecule has 0 radical (unpaired) electrons. The number of rotatable bonds is 2. The van der Waals surface area contributed by atoms with Crippen molar-refractivity contribution in [1.29, 1.82) is 0 Å². The smallest absolute Gasteiger partial charge is 0.0326 e. The monoisotopic (exact) mass is 290 g/mol. The van der Waals surface area contributed by atoms with Gasteiger partial charge in [0, 0.05) is 32.2 Å². The van der Waals surface area contributed by atoms with Crippen LogP contribution in [0.15, 0.2) is 18.2 Å². The molecule has 0 amide bonds. The minimum absolute atomic E-state index is 0. The molecule has 0 saturated carbocycles. The highest BCUT2D eigenvalue weighted by atomic mass is 35.5. The molecule has 1 aromatic carbocycles. The van der Waals surface area contributed by atoms with Gasteiger partial charge in [0.15, 0.2) is 0 Å². The van der Waals surface area contributed by atoms with Crippen LogP contribution in [0, 0.1) is 13.8 Å². The van der Waals surface area contributed by atoms with Crippen LogP contribution in [-0.2, 0) is 0 Å². The number of aryl methyl sites for hydroxylation is 2. The molecule has 0 aliphatic carbocycles. The maximum Gasteiger partial charge on any atom is 0.0326 e. The van der Waals surface area contributed by atoms with E-state index in [1.165, 1.54) is 16.7 Å². The molecular formula is C14H24Cl2N2. The Balaban J connectivity index is 0.00000144. The lowest BCUT2D eigenvalue weighted by Crippen LogP contribution is -2.44. The molecule has 0 unspecified atom stereocenters. The van der Waals surface area contributed by atoms with Crippen LogP contribution in [0.4, 0.5) is 0 Å². The molecule has 104 valence electrons. The number of hydrogen-bond donors (Lipinski definition) is 1. The summed E-state index contributed by atoms with van der Waals surface area (Å²) in [6.45, 7) is 11.3. The van der Waals surface area contributed by atoms with Crippen LogP contribution in [-0.4, -0.2) is 31.1 Å². The Morgan fingerprint density at radius 2 is 1.56 bits per heavy atom. The van der Waals surface area contributed by atoms with Gasteiger partial charge in [0.25, 0.3) is 0 Å². The Kier molecular flexibility index (Phi) is 7.88. The number of nitrogens with one attached hydrogen (secondary N) is 1. The zero-order chi connectivity index (χ0) is 11.5. The fourth-order valence-electron chi connectivity index (χ4n) is 2.74. The van der Waals surface area contributed by atoms with E-state index >= 15 is 0 Å². The number of halogens is 2. The number of nitrogens with zero attached hydrogens (tertiary/aromatic N) is 1. The van der Waals surface area contributed by atoms with Crippen molar-refractivity contribution >= 4 is 24.8 Å². The van der Waals surface area contributed by atoms with Crippen LogP contribution in [0.2, 0.25) is 0 Å². The first-order valence-corrected chi connectivity index (χ1v) is 6.21. The molecule has 1 aromatic rings. The molecule has 2 rings (SSSR count). The first kappa shape index (κ1) is 17.7. The average Bonchev–Trinajstić information content (AvgIpc) is 2.30. The van der Waals surface area contributed by atoms with Gasteiger partial charge in [-0.15, -0.1) is 24.8 Å². The summed E-state index contributed by atoms with van der Waals surface area (Å²) in [5, 5.41) is 3.41. The fraction of sp³-hybridized carbons (Fsp3) is 0.571. The molecule has 4 heteroatoms. The highest BCUT2D eigenvalue weighted by Crippen LogP contribution is 2.26. The third-order valence-electron chi connectivity index (χ3n) is 3.66. The van der Waals surface area contributed by atoms with E-state index in [1.807, 2.05) is 0 Å². The van der Waals surface area contributed by atoms with Crippen LogP contribution in [0.25, 0.3) is 0 Å². The topological polar surface area (TPSA) is 15.3 Å². The van der Waals surface area contributed by atoms with E-state index in [2.05, 4.69) is 49.2 Å². The van der Waals surface area contributed by atoms with Gasteiger partial charge in [-0.1, -0.05) is 18.2 Å². The summed E-state index contributed by atoms with van der Waals surface area (Å²) in [7, 11) is 0. The molecule has 1 saturated heterocycles. The van der Waals surface area contributed by atoms with Gasteiger partial charge >= 0.3 is 0 Å². The van der Waals surface area contributed by atoms with Crippen molar-refractivity contribution in [3.05, 3.63) is 34.9 Å². The first-order valence-electron chi connectivity index (χ1n) is 6.21. The Morgan fingerprint density at radius 3 is 2.06 bits per heavy atom. The van der Waals surface area contributed by atoms with Crippen molar-refractivity contribution in [3.63, 3.8) is 0 Å². The van der Waals surface area contributed by atoms with Gasteiger partial charge in [0.1, 0.15) is 0 Å². The van der Waals surface area contributed by atoms with Crippen molar-refractivity contribution in [2.75, 3.05) is 26.2 Å². The van der Waals surface area contributed by atoms with Gasteiger partial charge in [0.2, 0.25) is 0 Å². The maximum atomic E-state index is 3.41. The van der Waals surface area contributed by atoms with Crippen molar-refractivity contribution < 1.29 is 0 Å². The van der Waals surface area contributed by atoms with Crippen molar-refractivity contribution in [1.82, 2.24) is 10.2 Å². The normalized spacial score (nSPS) is 17.5.